The second-order valence-electron chi connectivity index (χ2n) is 18.8. The fraction of sp³-hybridized carbons (Fsp3) is 0.0145. The van der Waals surface area contributed by atoms with Crippen LogP contribution in [-0.4, -0.2) is 4.57 Å². The molecule has 0 spiro atoms. The van der Waals surface area contributed by atoms with Crippen LogP contribution in [0.2, 0.25) is 0 Å². The summed E-state index contributed by atoms with van der Waals surface area (Å²) in [4.78, 5) is 2.39. The molecule has 0 saturated heterocycles. The van der Waals surface area contributed by atoms with E-state index in [9.17, 15) is 0 Å². The molecule has 332 valence electrons. The van der Waals surface area contributed by atoms with Crippen LogP contribution in [0.1, 0.15) is 22.3 Å². The topological polar surface area (TPSA) is 8.17 Å². The molecule has 0 N–H and O–H groups in total. The molecule has 0 unspecified atom stereocenters. The van der Waals surface area contributed by atoms with Crippen molar-refractivity contribution in [2.24, 2.45) is 0 Å². The lowest BCUT2D eigenvalue weighted by Gasteiger charge is -2.35. The Kier molecular flexibility index (Phi) is 9.47. The first-order chi connectivity index (χ1) is 35.2. The first-order valence-electron chi connectivity index (χ1n) is 24.6. The molecule has 1 heterocycles. The first-order valence-corrected chi connectivity index (χ1v) is 24.6. The van der Waals surface area contributed by atoms with Gasteiger partial charge in [-0.2, -0.15) is 0 Å². The van der Waals surface area contributed by atoms with Crippen LogP contribution < -0.4 is 4.90 Å². The Hall–Kier alpha value is -9.24. The zero-order chi connectivity index (χ0) is 46.9. The number of aromatic nitrogens is 1. The lowest BCUT2D eigenvalue weighted by atomic mass is 9.67. The van der Waals surface area contributed by atoms with Gasteiger partial charge in [0, 0.05) is 33.4 Å². The molecule has 2 heteroatoms. The van der Waals surface area contributed by atoms with Gasteiger partial charge in [-0.1, -0.05) is 218 Å². The summed E-state index contributed by atoms with van der Waals surface area (Å²) in [5.74, 6) is 0. The molecule has 0 amide bonds. The average molecular weight is 903 g/mol. The lowest BCUT2D eigenvalue weighted by Crippen LogP contribution is -2.29. The van der Waals surface area contributed by atoms with Gasteiger partial charge >= 0.3 is 0 Å². The third-order valence-corrected chi connectivity index (χ3v) is 15.0. The Bertz CT molecular complexity index is 4060. The van der Waals surface area contributed by atoms with Crippen molar-refractivity contribution in [2.75, 3.05) is 4.90 Å². The van der Waals surface area contributed by atoms with E-state index in [4.69, 9.17) is 0 Å². The molecule has 0 bridgehead atoms. The van der Waals surface area contributed by atoms with Crippen molar-refractivity contribution in [1.29, 1.82) is 0 Å². The summed E-state index contributed by atoms with van der Waals surface area (Å²) in [5, 5.41) is 7.34. The molecule has 0 saturated carbocycles. The number of para-hydroxylation sites is 1. The largest absolute Gasteiger partial charge is 0.310 e. The summed E-state index contributed by atoms with van der Waals surface area (Å²) in [6.07, 6.45) is 0. The van der Waals surface area contributed by atoms with Crippen LogP contribution >= 0.6 is 0 Å². The standard InChI is InChI=1S/C69H46N2/c1-3-25-55(26-4-1)69(56-27-5-2-6-28-56)64-33-13-11-30-60(64)63-32-17-35-66(68(63)69)71-65-34-14-12-31-61(65)62-41-38-54(46-67(62)71)50-23-15-22-49(42-50)53-24-16-29-57(45-53)70(58-39-36-47-18-7-9-20-51(47)43-58)59-40-37-48-19-8-10-21-52(48)44-59/h1-46H. The summed E-state index contributed by atoms with van der Waals surface area (Å²) >= 11 is 0. The van der Waals surface area contributed by atoms with Crippen molar-refractivity contribution in [3.8, 4) is 39.1 Å². The van der Waals surface area contributed by atoms with Gasteiger partial charge in [0.05, 0.1) is 22.1 Å². The van der Waals surface area contributed by atoms with Gasteiger partial charge in [0.25, 0.3) is 0 Å². The minimum absolute atomic E-state index is 0.554. The quantitative estimate of drug-likeness (QED) is 0.147. The highest BCUT2D eigenvalue weighted by Gasteiger charge is 2.48. The molecule has 14 rings (SSSR count). The van der Waals surface area contributed by atoms with Gasteiger partial charge in [-0.15, -0.1) is 0 Å². The van der Waals surface area contributed by atoms with Crippen LogP contribution in [-0.2, 0) is 5.41 Å². The van der Waals surface area contributed by atoms with Crippen LogP contribution in [0.4, 0.5) is 17.1 Å². The van der Waals surface area contributed by atoms with Gasteiger partial charge in [0.2, 0.25) is 0 Å². The maximum absolute atomic E-state index is 2.54. The Morgan fingerprint density at radius 3 is 1.49 bits per heavy atom. The zero-order valence-corrected chi connectivity index (χ0v) is 39.0. The van der Waals surface area contributed by atoms with E-state index >= 15 is 0 Å². The normalized spacial score (nSPS) is 12.6. The summed E-state index contributed by atoms with van der Waals surface area (Å²) in [6, 6.07) is 103. The molecule has 2 nitrogen and oxygen atoms in total. The van der Waals surface area contributed by atoms with E-state index in [1.54, 1.807) is 0 Å². The van der Waals surface area contributed by atoms with E-state index in [1.165, 1.54) is 93.5 Å². The van der Waals surface area contributed by atoms with Crippen LogP contribution in [0.15, 0.2) is 279 Å². The lowest BCUT2D eigenvalue weighted by molar-refractivity contribution is 0.762. The van der Waals surface area contributed by atoms with E-state index in [-0.39, 0.29) is 0 Å². The number of nitrogens with zero attached hydrogens (tertiary/aromatic N) is 2. The smallest absolute Gasteiger partial charge is 0.0734 e. The van der Waals surface area contributed by atoms with Crippen LogP contribution in [0.25, 0.3) is 82.4 Å². The second-order valence-corrected chi connectivity index (χ2v) is 18.8. The summed E-state index contributed by atoms with van der Waals surface area (Å²) < 4.78 is 2.54. The van der Waals surface area contributed by atoms with E-state index in [1.807, 2.05) is 0 Å². The average Bonchev–Trinajstić information content (AvgIpc) is 3.94. The minimum Gasteiger partial charge on any atom is -0.310 e. The molecule has 0 aliphatic heterocycles. The van der Waals surface area contributed by atoms with Crippen LogP contribution in [0.5, 0.6) is 0 Å². The zero-order valence-electron chi connectivity index (χ0n) is 39.0. The maximum Gasteiger partial charge on any atom is 0.0734 e. The van der Waals surface area contributed by atoms with Gasteiger partial charge in [0.1, 0.15) is 0 Å². The Morgan fingerprint density at radius 2 is 0.803 bits per heavy atom. The Balaban J connectivity index is 0.927. The molecule has 12 aromatic carbocycles. The molecule has 13 aromatic rings. The predicted octanol–water partition coefficient (Wildman–Crippen LogP) is 18.3. The summed E-state index contributed by atoms with van der Waals surface area (Å²) in [7, 11) is 0. The molecular weight excluding hydrogens is 857 g/mol. The third kappa shape index (κ3) is 6.49. The molecule has 0 radical (unpaired) electrons. The molecule has 1 aliphatic rings. The predicted molar refractivity (Wildman–Crippen MR) is 299 cm³/mol. The van der Waals surface area contributed by atoms with Gasteiger partial charge in [0.15, 0.2) is 0 Å². The molecule has 0 atom stereocenters. The van der Waals surface area contributed by atoms with Crippen molar-refractivity contribution >= 4 is 60.4 Å². The second kappa shape index (κ2) is 16.5. The van der Waals surface area contributed by atoms with Crippen molar-refractivity contribution in [1.82, 2.24) is 4.57 Å². The number of hydrogen-bond donors (Lipinski definition) is 0. The Morgan fingerprint density at radius 1 is 0.296 bits per heavy atom. The number of hydrogen-bond acceptors (Lipinski definition) is 1. The highest BCUT2D eigenvalue weighted by Crippen LogP contribution is 2.58. The third-order valence-electron chi connectivity index (χ3n) is 15.0. The number of rotatable bonds is 8. The number of anilines is 3. The number of fused-ring (bicyclic) bond motifs is 8. The van der Waals surface area contributed by atoms with Crippen molar-refractivity contribution in [2.45, 2.75) is 5.41 Å². The van der Waals surface area contributed by atoms with Crippen LogP contribution in [0.3, 0.4) is 0 Å². The summed E-state index contributed by atoms with van der Waals surface area (Å²) in [5.41, 5.74) is 18.6. The monoisotopic (exact) mass is 902 g/mol. The van der Waals surface area contributed by atoms with Crippen molar-refractivity contribution < 1.29 is 0 Å². The number of benzene rings is 12. The molecule has 0 fully saturated rings. The fourth-order valence-electron chi connectivity index (χ4n) is 11.9. The van der Waals surface area contributed by atoms with Gasteiger partial charge in [-0.3, -0.25) is 0 Å². The highest BCUT2D eigenvalue weighted by atomic mass is 15.1. The molecule has 1 aliphatic carbocycles. The van der Waals surface area contributed by atoms with Gasteiger partial charge in [-0.05, 0) is 132 Å². The Labute approximate surface area is 413 Å². The highest BCUT2D eigenvalue weighted by molar-refractivity contribution is 6.11. The van der Waals surface area contributed by atoms with Crippen molar-refractivity contribution in [3.05, 3.63) is 301 Å². The van der Waals surface area contributed by atoms with Gasteiger partial charge in [-0.25, -0.2) is 0 Å². The minimum atomic E-state index is -0.554. The molecule has 71 heavy (non-hydrogen) atoms. The van der Waals surface area contributed by atoms with E-state index in [2.05, 4.69) is 289 Å². The molecular formula is C69H46N2. The van der Waals surface area contributed by atoms with E-state index in [0.717, 1.165) is 28.2 Å². The summed E-state index contributed by atoms with van der Waals surface area (Å²) in [6.45, 7) is 0. The SMILES string of the molecule is c1ccc(C2(c3ccccc3)c3ccccc3-c3cccc(-n4c5ccccc5c5ccc(-c6cccc(-c7cccc(N(c8ccc9ccccc9c8)c8ccc9ccccc9c8)c7)c6)cc54)c32)cc1. The molecule has 1 aromatic heterocycles. The maximum atomic E-state index is 2.54. The van der Waals surface area contributed by atoms with Gasteiger partial charge < -0.3 is 9.47 Å². The van der Waals surface area contributed by atoms with Crippen LogP contribution in [0, 0.1) is 0 Å². The fourth-order valence-corrected chi connectivity index (χ4v) is 11.9. The first kappa shape index (κ1) is 40.8. The van der Waals surface area contributed by atoms with E-state index in [0.29, 0.717) is 0 Å². The van der Waals surface area contributed by atoms with Crippen molar-refractivity contribution in [3.63, 3.8) is 0 Å². The van der Waals surface area contributed by atoms with E-state index < -0.39 is 5.41 Å².